The van der Waals surface area contributed by atoms with Crippen LogP contribution in [0.2, 0.25) is 0 Å². The van der Waals surface area contributed by atoms with Crippen molar-refractivity contribution in [3.8, 4) is 5.75 Å². The first kappa shape index (κ1) is 15.2. The number of nitrogens with one attached hydrogen (secondary N) is 2. The molecule has 21 heavy (non-hydrogen) atoms. The van der Waals surface area contributed by atoms with Crippen LogP contribution in [0.5, 0.6) is 5.75 Å². The molecule has 0 unspecified atom stereocenters. The number of anilines is 2. The molecule has 1 aromatic carbocycles. The van der Waals surface area contributed by atoms with Gasteiger partial charge in [-0.05, 0) is 35.0 Å². The molecule has 0 radical (unpaired) electrons. The Hall–Kier alpha value is -2.15. The highest BCUT2D eigenvalue weighted by molar-refractivity contribution is 9.10. The van der Waals surface area contributed by atoms with E-state index in [1.54, 1.807) is 25.3 Å². The highest BCUT2D eigenvalue weighted by atomic mass is 79.9. The van der Waals surface area contributed by atoms with E-state index in [4.69, 9.17) is 4.74 Å². The van der Waals surface area contributed by atoms with Crippen LogP contribution >= 0.6 is 15.9 Å². The summed E-state index contributed by atoms with van der Waals surface area (Å²) in [6.07, 6.45) is 2.96. The van der Waals surface area contributed by atoms with Crippen molar-refractivity contribution in [2.75, 3.05) is 24.3 Å². The molecule has 0 aliphatic heterocycles. The maximum absolute atomic E-state index is 12.1. The normalized spacial score (nSPS) is 10.0. The molecule has 2 N–H and O–H groups in total. The van der Waals surface area contributed by atoms with Crippen LogP contribution in [0, 0.1) is 0 Å². The minimum atomic E-state index is -0.324. The Morgan fingerprint density at radius 1 is 1.33 bits per heavy atom. The van der Waals surface area contributed by atoms with Crippen LogP contribution in [0.4, 0.5) is 11.5 Å². The molecule has 1 heterocycles. The first-order chi connectivity index (χ1) is 10.1. The molecule has 1 aromatic heterocycles. The number of nitrogens with zero attached hydrogens (tertiary/aromatic N) is 2. The third kappa shape index (κ3) is 3.91. The lowest BCUT2D eigenvalue weighted by Gasteiger charge is -2.08. The molecule has 6 nitrogen and oxygen atoms in total. The summed E-state index contributed by atoms with van der Waals surface area (Å²) in [5, 5.41) is 5.77. The average Bonchev–Trinajstić information content (AvgIpc) is 2.50. The lowest BCUT2D eigenvalue weighted by molar-refractivity contribution is 0.102. The van der Waals surface area contributed by atoms with Crippen molar-refractivity contribution in [2.24, 2.45) is 0 Å². The van der Waals surface area contributed by atoms with Crippen LogP contribution in [0.25, 0.3) is 0 Å². The van der Waals surface area contributed by atoms with Gasteiger partial charge in [-0.1, -0.05) is 0 Å². The molecule has 0 saturated carbocycles. The van der Waals surface area contributed by atoms with E-state index >= 15 is 0 Å². The molecule has 0 saturated heterocycles. The third-order valence-electron chi connectivity index (χ3n) is 2.65. The number of carbonyl (C=O) groups excluding carboxylic acids is 1. The first-order valence-corrected chi connectivity index (χ1v) is 7.14. The number of hydrogen-bond donors (Lipinski definition) is 2. The molecule has 0 fully saturated rings. The topological polar surface area (TPSA) is 76.1 Å². The standard InChI is InChI=1S/C14H15BrN4O2/c1-3-16-13-8-17-11(7-18-13)14(20)19-9-4-5-10(15)12(6-9)21-2/h4-8H,3H2,1-2H3,(H,16,18)(H,19,20). The van der Waals surface area contributed by atoms with E-state index in [9.17, 15) is 4.79 Å². The zero-order chi connectivity index (χ0) is 15.2. The van der Waals surface area contributed by atoms with Gasteiger partial charge in [0, 0.05) is 18.3 Å². The van der Waals surface area contributed by atoms with Crippen molar-refractivity contribution < 1.29 is 9.53 Å². The van der Waals surface area contributed by atoms with Crippen LogP contribution in [0.15, 0.2) is 35.1 Å². The molecule has 0 spiro atoms. The molecule has 7 heteroatoms. The summed E-state index contributed by atoms with van der Waals surface area (Å²) in [6, 6.07) is 5.29. The fraction of sp³-hybridized carbons (Fsp3) is 0.214. The Morgan fingerprint density at radius 2 is 2.14 bits per heavy atom. The number of methoxy groups -OCH3 is 1. The molecule has 0 atom stereocenters. The average molecular weight is 351 g/mol. The van der Waals surface area contributed by atoms with Crippen molar-refractivity contribution in [1.82, 2.24) is 9.97 Å². The van der Waals surface area contributed by atoms with E-state index in [0.29, 0.717) is 17.3 Å². The van der Waals surface area contributed by atoms with Crippen molar-refractivity contribution in [1.29, 1.82) is 0 Å². The molecule has 2 aromatic rings. The fourth-order valence-corrected chi connectivity index (χ4v) is 2.06. The summed E-state index contributed by atoms with van der Waals surface area (Å²) in [7, 11) is 1.57. The maximum atomic E-state index is 12.1. The fourth-order valence-electron chi connectivity index (χ4n) is 1.65. The van der Waals surface area contributed by atoms with Gasteiger partial charge in [0.25, 0.3) is 5.91 Å². The minimum Gasteiger partial charge on any atom is -0.495 e. The van der Waals surface area contributed by atoms with Gasteiger partial charge in [0.05, 0.1) is 24.0 Å². The second kappa shape index (κ2) is 7.03. The highest BCUT2D eigenvalue weighted by Gasteiger charge is 2.10. The largest absolute Gasteiger partial charge is 0.495 e. The number of aromatic nitrogens is 2. The van der Waals surface area contributed by atoms with Crippen molar-refractivity contribution in [2.45, 2.75) is 6.92 Å². The highest BCUT2D eigenvalue weighted by Crippen LogP contribution is 2.27. The smallest absolute Gasteiger partial charge is 0.275 e. The Labute approximate surface area is 131 Å². The van der Waals surface area contributed by atoms with Gasteiger partial charge in [-0.15, -0.1) is 0 Å². The second-order valence-corrected chi connectivity index (χ2v) is 4.97. The predicted molar refractivity (Wildman–Crippen MR) is 84.8 cm³/mol. The van der Waals surface area contributed by atoms with Crippen LogP contribution in [0.1, 0.15) is 17.4 Å². The number of halogens is 1. The SMILES string of the molecule is CCNc1cnc(C(=O)Nc2ccc(Br)c(OC)c2)cn1. The van der Waals surface area contributed by atoms with E-state index in [2.05, 4.69) is 36.5 Å². The Kier molecular flexibility index (Phi) is 5.10. The molecule has 0 bridgehead atoms. The number of hydrogen-bond acceptors (Lipinski definition) is 5. The molecular weight excluding hydrogens is 336 g/mol. The summed E-state index contributed by atoms with van der Waals surface area (Å²) >= 11 is 3.36. The van der Waals surface area contributed by atoms with Crippen LogP contribution < -0.4 is 15.4 Å². The zero-order valence-corrected chi connectivity index (χ0v) is 13.3. The van der Waals surface area contributed by atoms with E-state index < -0.39 is 0 Å². The van der Waals surface area contributed by atoms with Crippen LogP contribution in [-0.2, 0) is 0 Å². The maximum Gasteiger partial charge on any atom is 0.275 e. The molecule has 2 rings (SSSR count). The van der Waals surface area contributed by atoms with Gasteiger partial charge in [-0.3, -0.25) is 4.79 Å². The van der Waals surface area contributed by atoms with Crippen LogP contribution in [0.3, 0.4) is 0 Å². The summed E-state index contributed by atoms with van der Waals surface area (Å²) in [4.78, 5) is 20.3. The van der Waals surface area contributed by atoms with E-state index in [1.807, 2.05) is 6.92 Å². The Bertz CT molecular complexity index is 631. The summed E-state index contributed by atoms with van der Waals surface area (Å²) in [6.45, 7) is 2.71. The summed E-state index contributed by atoms with van der Waals surface area (Å²) in [5.41, 5.74) is 0.871. The monoisotopic (exact) mass is 350 g/mol. The van der Waals surface area contributed by atoms with Gasteiger partial charge in [-0.2, -0.15) is 0 Å². The zero-order valence-electron chi connectivity index (χ0n) is 11.7. The van der Waals surface area contributed by atoms with Crippen molar-refractivity contribution >= 4 is 33.3 Å². The van der Waals surface area contributed by atoms with Crippen molar-refractivity contribution in [3.05, 3.63) is 40.8 Å². The lowest BCUT2D eigenvalue weighted by atomic mass is 10.3. The van der Waals surface area contributed by atoms with Gasteiger partial charge >= 0.3 is 0 Å². The van der Waals surface area contributed by atoms with Gasteiger partial charge in [0.1, 0.15) is 17.3 Å². The van der Waals surface area contributed by atoms with Gasteiger partial charge in [0.2, 0.25) is 0 Å². The number of carbonyl (C=O) groups is 1. The molecule has 1 amide bonds. The number of benzene rings is 1. The quantitative estimate of drug-likeness (QED) is 0.866. The molecule has 110 valence electrons. The second-order valence-electron chi connectivity index (χ2n) is 4.12. The summed E-state index contributed by atoms with van der Waals surface area (Å²) < 4.78 is 6.00. The number of ether oxygens (including phenoxy) is 1. The van der Waals surface area contributed by atoms with Crippen molar-refractivity contribution in [3.63, 3.8) is 0 Å². The van der Waals surface area contributed by atoms with E-state index in [1.165, 1.54) is 12.4 Å². The number of amides is 1. The Morgan fingerprint density at radius 3 is 2.76 bits per heavy atom. The number of rotatable bonds is 5. The molecule has 0 aliphatic carbocycles. The first-order valence-electron chi connectivity index (χ1n) is 6.35. The lowest BCUT2D eigenvalue weighted by Crippen LogP contribution is -2.14. The minimum absolute atomic E-state index is 0.249. The van der Waals surface area contributed by atoms with E-state index in [-0.39, 0.29) is 11.6 Å². The Balaban J connectivity index is 2.10. The molecule has 0 aliphatic rings. The molecular formula is C14H15BrN4O2. The van der Waals surface area contributed by atoms with Gasteiger partial charge < -0.3 is 15.4 Å². The van der Waals surface area contributed by atoms with Crippen LogP contribution in [-0.4, -0.2) is 29.5 Å². The van der Waals surface area contributed by atoms with E-state index in [0.717, 1.165) is 11.0 Å². The summed E-state index contributed by atoms with van der Waals surface area (Å²) in [5.74, 6) is 0.954. The predicted octanol–water partition coefficient (Wildman–Crippen LogP) is 2.93. The third-order valence-corrected chi connectivity index (χ3v) is 3.31. The van der Waals surface area contributed by atoms with Gasteiger partial charge in [-0.25, -0.2) is 9.97 Å². The van der Waals surface area contributed by atoms with Gasteiger partial charge in [0.15, 0.2) is 0 Å².